The molecule has 1 aromatic carbocycles. The van der Waals surface area contributed by atoms with Gasteiger partial charge in [0.2, 0.25) is 5.82 Å². The van der Waals surface area contributed by atoms with E-state index in [0.717, 1.165) is 0 Å². The summed E-state index contributed by atoms with van der Waals surface area (Å²) < 4.78 is 5.06. The van der Waals surface area contributed by atoms with Crippen LogP contribution >= 0.6 is 0 Å². The lowest BCUT2D eigenvalue weighted by Crippen LogP contribution is -1.93. The van der Waals surface area contributed by atoms with Crippen LogP contribution in [0.2, 0.25) is 0 Å². The number of nitrogens with one attached hydrogen (secondary N) is 1. The van der Waals surface area contributed by atoms with E-state index < -0.39 is 4.92 Å². The van der Waals surface area contributed by atoms with Crippen LogP contribution in [0.25, 0.3) is 11.4 Å². The van der Waals surface area contributed by atoms with Crippen LogP contribution in [0.1, 0.15) is 0 Å². The highest BCUT2D eigenvalue weighted by Gasteiger charge is 2.15. The van der Waals surface area contributed by atoms with Gasteiger partial charge in [0.1, 0.15) is 5.75 Å². The summed E-state index contributed by atoms with van der Waals surface area (Å²) >= 11 is 0. The number of aromatic amines is 1. The Labute approximate surface area is 89.4 Å². The Morgan fingerprint density at radius 2 is 2.31 bits per heavy atom. The highest BCUT2D eigenvalue weighted by molar-refractivity contribution is 5.66. The molecule has 8 heteroatoms. The minimum absolute atomic E-state index is 0.0550. The number of rotatable bonds is 3. The molecule has 8 nitrogen and oxygen atoms in total. The van der Waals surface area contributed by atoms with E-state index in [1.54, 1.807) is 0 Å². The molecule has 2 aromatic rings. The molecule has 0 aliphatic carbocycles. The van der Waals surface area contributed by atoms with Crippen LogP contribution in [-0.4, -0.2) is 32.7 Å². The zero-order valence-electron chi connectivity index (χ0n) is 8.25. The molecule has 1 N–H and O–H groups in total. The van der Waals surface area contributed by atoms with Crippen LogP contribution in [0.3, 0.4) is 0 Å². The number of hydrogen-bond donors (Lipinski definition) is 1. The smallest absolute Gasteiger partial charge is 0.270 e. The third-order valence-electron chi connectivity index (χ3n) is 1.98. The van der Waals surface area contributed by atoms with Crippen LogP contribution in [-0.2, 0) is 0 Å². The number of ether oxygens (including phenoxy) is 1. The van der Waals surface area contributed by atoms with Crippen molar-refractivity contribution >= 4 is 5.69 Å². The van der Waals surface area contributed by atoms with Gasteiger partial charge in [-0.3, -0.25) is 10.1 Å². The van der Waals surface area contributed by atoms with Crippen molar-refractivity contribution in [1.29, 1.82) is 0 Å². The lowest BCUT2D eigenvalue weighted by Gasteiger charge is -2.03. The lowest BCUT2D eigenvalue weighted by molar-refractivity contribution is -0.384. The highest BCUT2D eigenvalue weighted by Crippen LogP contribution is 2.30. The molecule has 0 saturated carbocycles. The van der Waals surface area contributed by atoms with Gasteiger partial charge < -0.3 is 4.74 Å². The van der Waals surface area contributed by atoms with Crippen molar-refractivity contribution < 1.29 is 9.66 Å². The van der Waals surface area contributed by atoms with Gasteiger partial charge in [0, 0.05) is 12.1 Å². The van der Waals surface area contributed by atoms with Gasteiger partial charge in [0.25, 0.3) is 5.69 Å². The van der Waals surface area contributed by atoms with Gasteiger partial charge in [-0.1, -0.05) is 0 Å². The molecule has 0 amide bonds. The number of benzene rings is 1. The van der Waals surface area contributed by atoms with Gasteiger partial charge in [-0.15, -0.1) is 10.2 Å². The van der Waals surface area contributed by atoms with Crippen molar-refractivity contribution in [2.75, 3.05) is 7.11 Å². The molecule has 82 valence electrons. The van der Waals surface area contributed by atoms with E-state index in [9.17, 15) is 10.1 Å². The van der Waals surface area contributed by atoms with Gasteiger partial charge in [0.15, 0.2) is 0 Å². The van der Waals surface area contributed by atoms with Crippen LogP contribution in [0.4, 0.5) is 5.69 Å². The molecule has 16 heavy (non-hydrogen) atoms. The first-order valence-electron chi connectivity index (χ1n) is 4.28. The first kappa shape index (κ1) is 10.0. The van der Waals surface area contributed by atoms with Crippen molar-refractivity contribution in [3.05, 3.63) is 28.3 Å². The summed E-state index contributed by atoms with van der Waals surface area (Å²) in [5, 5.41) is 23.8. The van der Waals surface area contributed by atoms with Crippen molar-refractivity contribution in [2.45, 2.75) is 0 Å². The molecule has 0 unspecified atom stereocenters. The number of hydrogen-bond acceptors (Lipinski definition) is 6. The largest absolute Gasteiger partial charge is 0.496 e. The molecule has 1 heterocycles. The highest BCUT2D eigenvalue weighted by atomic mass is 16.6. The maximum atomic E-state index is 10.6. The van der Waals surface area contributed by atoms with E-state index in [4.69, 9.17) is 4.74 Å². The number of nitro groups is 1. The maximum Gasteiger partial charge on any atom is 0.270 e. The van der Waals surface area contributed by atoms with Crippen molar-refractivity contribution in [2.24, 2.45) is 0 Å². The second kappa shape index (κ2) is 3.93. The van der Waals surface area contributed by atoms with Gasteiger partial charge in [0.05, 0.1) is 17.6 Å². The Balaban J connectivity index is 2.56. The third kappa shape index (κ3) is 1.67. The van der Waals surface area contributed by atoms with Crippen LogP contribution in [0.5, 0.6) is 5.75 Å². The average molecular weight is 221 g/mol. The number of methoxy groups -OCH3 is 1. The van der Waals surface area contributed by atoms with Crippen LogP contribution in [0, 0.1) is 10.1 Å². The fraction of sp³-hybridized carbons (Fsp3) is 0.125. The third-order valence-corrected chi connectivity index (χ3v) is 1.98. The van der Waals surface area contributed by atoms with E-state index in [0.29, 0.717) is 11.3 Å². The van der Waals surface area contributed by atoms with Crippen molar-refractivity contribution in [3.63, 3.8) is 0 Å². The summed E-state index contributed by atoms with van der Waals surface area (Å²) in [6.07, 6.45) is 0. The molecule has 0 aliphatic heterocycles. The number of nitro benzene ring substituents is 1. The van der Waals surface area contributed by atoms with Crippen LogP contribution < -0.4 is 4.74 Å². The van der Waals surface area contributed by atoms with E-state index in [2.05, 4.69) is 20.6 Å². The summed E-state index contributed by atoms with van der Waals surface area (Å²) in [5.41, 5.74) is 0.367. The molecule has 0 atom stereocenters. The van der Waals surface area contributed by atoms with Crippen molar-refractivity contribution in [1.82, 2.24) is 20.6 Å². The molecule has 0 fully saturated rings. The quantitative estimate of drug-likeness (QED) is 0.606. The second-order valence-electron chi connectivity index (χ2n) is 2.88. The molecule has 0 bridgehead atoms. The minimum Gasteiger partial charge on any atom is -0.496 e. The van der Waals surface area contributed by atoms with Crippen molar-refractivity contribution in [3.8, 4) is 17.1 Å². The standard InChI is InChI=1S/C8H7N5O3/c1-16-7-3-2-5(13(14)15)4-6(7)8-9-11-12-10-8/h2-4H,1H3,(H,9,10,11,12). The van der Waals surface area contributed by atoms with Gasteiger partial charge in [-0.05, 0) is 11.3 Å². The monoisotopic (exact) mass is 221 g/mol. The summed E-state index contributed by atoms with van der Waals surface area (Å²) in [7, 11) is 1.46. The first-order chi connectivity index (χ1) is 7.72. The van der Waals surface area contributed by atoms with E-state index >= 15 is 0 Å². The number of H-pyrrole nitrogens is 1. The van der Waals surface area contributed by atoms with Gasteiger partial charge in [-0.2, -0.15) is 5.21 Å². The Kier molecular flexibility index (Phi) is 2.46. The SMILES string of the molecule is COc1ccc([N+](=O)[O-])cc1-c1nn[nH]n1. The molecular formula is C8H7N5O3. The van der Waals surface area contributed by atoms with E-state index in [1.165, 1.54) is 25.3 Å². The van der Waals surface area contributed by atoms with E-state index in [-0.39, 0.29) is 11.5 Å². The predicted octanol–water partition coefficient (Wildman–Crippen LogP) is 0.783. The van der Waals surface area contributed by atoms with Gasteiger partial charge in [-0.25, -0.2) is 0 Å². The summed E-state index contributed by atoms with van der Waals surface area (Å²) in [4.78, 5) is 10.1. The fourth-order valence-corrected chi connectivity index (χ4v) is 1.26. The normalized spacial score (nSPS) is 10.1. The maximum absolute atomic E-state index is 10.6. The van der Waals surface area contributed by atoms with Gasteiger partial charge >= 0.3 is 0 Å². The average Bonchev–Trinajstić information content (AvgIpc) is 2.81. The molecule has 2 rings (SSSR count). The van der Waals surface area contributed by atoms with E-state index in [1.807, 2.05) is 0 Å². The number of non-ortho nitro benzene ring substituents is 1. The minimum atomic E-state index is -0.497. The lowest BCUT2D eigenvalue weighted by atomic mass is 10.1. The zero-order chi connectivity index (χ0) is 11.5. The molecule has 0 saturated heterocycles. The molecule has 1 aromatic heterocycles. The number of nitrogens with zero attached hydrogens (tertiary/aromatic N) is 4. The first-order valence-corrected chi connectivity index (χ1v) is 4.28. The number of tetrazole rings is 1. The Morgan fingerprint density at radius 1 is 1.50 bits per heavy atom. The zero-order valence-corrected chi connectivity index (χ0v) is 8.25. The summed E-state index contributed by atoms with van der Waals surface area (Å²) in [6, 6.07) is 4.18. The Hall–Kier alpha value is -2.51. The molecule has 0 spiro atoms. The summed E-state index contributed by atoms with van der Waals surface area (Å²) in [6.45, 7) is 0. The Morgan fingerprint density at radius 3 is 2.88 bits per heavy atom. The second-order valence-corrected chi connectivity index (χ2v) is 2.88. The predicted molar refractivity (Wildman–Crippen MR) is 52.8 cm³/mol. The molecular weight excluding hydrogens is 214 g/mol. The topological polar surface area (TPSA) is 107 Å². The number of aromatic nitrogens is 4. The molecule has 0 radical (unpaired) electrons. The Bertz CT molecular complexity index is 510. The molecule has 0 aliphatic rings. The van der Waals surface area contributed by atoms with Crippen LogP contribution in [0.15, 0.2) is 18.2 Å². The fourth-order valence-electron chi connectivity index (χ4n) is 1.26. The summed E-state index contributed by atoms with van der Waals surface area (Å²) in [5.74, 6) is 0.701.